The van der Waals surface area contributed by atoms with E-state index in [1.165, 1.54) is 19.2 Å². The molecule has 0 unspecified atom stereocenters. The van der Waals surface area contributed by atoms with Crippen molar-refractivity contribution in [3.8, 4) is 5.75 Å². The number of hydrogen-bond donors (Lipinski definition) is 1. The summed E-state index contributed by atoms with van der Waals surface area (Å²) in [7, 11) is -2.41. The minimum absolute atomic E-state index is 0.0657. The third-order valence-electron chi connectivity index (χ3n) is 4.35. The van der Waals surface area contributed by atoms with Gasteiger partial charge >= 0.3 is 0 Å². The molecule has 0 aliphatic rings. The maximum absolute atomic E-state index is 13.2. The van der Waals surface area contributed by atoms with Gasteiger partial charge in [0.05, 0.1) is 17.7 Å². The number of hydrogen-bond acceptors (Lipinski definition) is 4. The Labute approximate surface area is 161 Å². The molecule has 1 atom stereocenters. The number of sulfonamides is 1. The zero-order valence-corrected chi connectivity index (χ0v) is 16.9. The van der Waals surface area contributed by atoms with Gasteiger partial charge in [0.1, 0.15) is 12.3 Å². The van der Waals surface area contributed by atoms with E-state index in [9.17, 15) is 13.2 Å². The predicted molar refractivity (Wildman–Crippen MR) is 106 cm³/mol. The van der Waals surface area contributed by atoms with Gasteiger partial charge in [0.2, 0.25) is 5.91 Å². The molecule has 2 aromatic carbocycles. The number of nitrogens with one attached hydrogen (secondary N) is 1. The molecule has 7 heteroatoms. The molecule has 0 aliphatic carbocycles. The third kappa shape index (κ3) is 5.23. The molecule has 146 valence electrons. The summed E-state index contributed by atoms with van der Waals surface area (Å²) >= 11 is 0. The SMILES string of the molecule is COc1cccc(N(CC(=O)N[C@@H](C)C(C)C)S(=O)(=O)c2ccccc2)c1. The first-order chi connectivity index (χ1) is 12.8. The molecule has 1 amide bonds. The van der Waals surface area contributed by atoms with Gasteiger partial charge < -0.3 is 10.1 Å². The van der Waals surface area contributed by atoms with Crippen molar-refractivity contribution >= 4 is 21.6 Å². The summed E-state index contributed by atoms with van der Waals surface area (Å²) in [5.41, 5.74) is 0.366. The number of anilines is 1. The number of carbonyl (C=O) groups excluding carboxylic acids is 1. The molecule has 1 N–H and O–H groups in total. The maximum atomic E-state index is 13.2. The van der Waals surface area contributed by atoms with E-state index in [0.29, 0.717) is 11.4 Å². The first kappa shape index (κ1) is 20.8. The lowest BCUT2D eigenvalue weighted by Crippen LogP contribution is -2.45. The number of carbonyl (C=O) groups is 1. The highest BCUT2D eigenvalue weighted by atomic mass is 32.2. The first-order valence-corrected chi connectivity index (χ1v) is 10.2. The van der Waals surface area contributed by atoms with Gasteiger partial charge in [0.15, 0.2) is 0 Å². The van der Waals surface area contributed by atoms with Crippen LogP contribution in [0.15, 0.2) is 59.5 Å². The lowest BCUT2D eigenvalue weighted by Gasteiger charge is -2.26. The van der Waals surface area contributed by atoms with Crippen LogP contribution in [0.4, 0.5) is 5.69 Å². The average molecular weight is 391 g/mol. The second kappa shape index (κ2) is 8.90. The van der Waals surface area contributed by atoms with E-state index in [0.717, 1.165) is 4.31 Å². The molecular weight excluding hydrogens is 364 g/mol. The molecule has 0 fully saturated rings. The Hall–Kier alpha value is -2.54. The van der Waals surface area contributed by atoms with Gasteiger partial charge in [-0.05, 0) is 37.1 Å². The van der Waals surface area contributed by atoms with Crippen molar-refractivity contribution in [2.75, 3.05) is 18.0 Å². The monoisotopic (exact) mass is 390 g/mol. The van der Waals surface area contributed by atoms with E-state index < -0.39 is 10.0 Å². The number of amides is 1. The van der Waals surface area contributed by atoms with Crippen molar-refractivity contribution in [2.24, 2.45) is 5.92 Å². The van der Waals surface area contributed by atoms with Crippen LogP contribution in [0.25, 0.3) is 0 Å². The van der Waals surface area contributed by atoms with Crippen LogP contribution in [0, 0.1) is 5.92 Å². The fraction of sp³-hybridized carbons (Fsp3) is 0.350. The molecule has 0 spiro atoms. The fourth-order valence-electron chi connectivity index (χ4n) is 2.40. The molecule has 0 heterocycles. The molecule has 0 aromatic heterocycles. The lowest BCUT2D eigenvalue weighted by molar-refractivity contribution is -0.120. The summed E-state index contributed by atoms with van der Waals surface area (Å²) in [4.78, 5) is 12.6. The van der Waals surface area contributed by atoms with Crippen LogP contribution in [0.5, 0.6) is 5.75 Å². The normalized spacial score (nSPS) is 12.5. The van der Waals surface area contributed by atoms with E-state index in [1.54, 1.807) is 42.5 Å². The molecule has 2 rings (SSSR count). The van der Waals surface area contributed by atoms with Crippen molar-refractivity contribution in [1.29, 1.82) is 0 Å². The highest BCUT2D eigenvalue weighted by Gasteiger charge is 2.28. The molecule has 0 bridgehead atoms. The smallest absolute Gasteiger partial charge is 0.264 e. The van der Waals surface area contributed by atoms with Crippen molar-refractivity contribution in [2.45, 2.75) is 31.7 Å². The minimum atomic E-state index is -3.91. The second-order valence-corrected chi connectivity index (χ2v) is 8.49. The number of benzene rings is 2. The van der Waals surface area contributed by atoms with Gasteiger partial charge in [-0.15, -0.1) is 0 Å². The zero-order valence-electron chi connectivity index (χ0n) is 16.0. The van der Waals surface area contributed by atoms with Crippen molar-refractivity contribution < 1.29 is 17.9 Å². The molecule has 0 radical (unpaired) electrons. The topological polar surface area (TPSA) is 75.7 Å². The Morgan fingerprint density at radius 2 is 1.74 bits per heavy atom. The fourth-order valence-corrected chi connectivity index (χ4v) is 3.83. The maximum Gasteiger partial charge on any atom is 0.264 e. The van der Waals surface area contributed by atoms with E-state index >= 15 is 0 Å². The Kier molecular flexibility index (Phi) is 6.85. The molecule has 27 heavy (non-hydrogen) atoms. The highest BCUT2D eigenvalue weighted by Crippen LogP contribution is 2.26. The van der Waals surface area contributed by atoms with E-state index in [-0.39, 0.29) is 29.3 Å². The number of ether oxygens (including phenoxy) is 1. The zero-order chi connectivity index (χ0) is 20.0. The van der Waals surface area contributed by atoms with Gasteiger partial charge in [-0.25, -0.2) is 8.42 Å². The number of nitrogens with zero attached hydrogens (tertiary/aromatic N) is 1. The van der Waals surface area contributed by atoms with E-state index in [1.807, 2.05) is 20.8 Å². The lowest BCUT2D eigenvalue weighted by atomic mass is 10.1. The van der Waals surface area contributed by atoms with Gasteiger partial charge in [0, 0.05) is 12.1 Å². The molecule has 2 aromatic rings. The van der Waals surface area contributed by atoms with E-state index in [2.05, 4.69) is 5.32 Å². The van der Waals surface area contributed by atoms with Gasteiger partial charge in [-0.2, -0.15) is 0 Å². The third-order valence-corrected chi connectivity index (χ3v) is 6.14. The molecule has 0 saturated heterocycles. The van der Waals surface area contributed by atoms with Crippen molar-refractivity contribution in [1.82, 2.24) is 5.32 Å². The summed E-state index contributed by atoms with van der Waals surface area (Å²) in [6.07, 6.45) is 0. The van der Waals surface area contributed by atoms with Crippen LogP contribution < -0.4 is 14.4 Å². The summed E-state index contributed by atoms with van der Waals surface area (Å²) in [5.74, 6) is 0.389. The number of rotatable bonds is 8. The van der Waals surface area contributed by atoms with Crippen LogP contribution in [0.3, 0.4) is 0 Å². The van der Waals surface area contributed by atoms with Gasteiger partial charge in [0.25, 0.3) is 10.0 Å². The van der Waals surface area contributed by atoms with Crippen LogP contribution >= 0.6 is 0 Å². The summed E-state index contributed by atoms with van der Waals surface area (Å²) in [6.45, 7) is 5.56. The van der Waals surface area contributed by atoms with Crippen LogP contribution in [-0.2, 0) is 14.8 Å². The minimum Gasteiger partial charge on any atom is -0.497 e. The van der Waals surface area contributed by atoms with Crippen LogP contribution in [-0.4, -0.2) is 34.0 Å². The second-order valence-electron chi connectivity index (χ2n) is 6.63. The Bertz CT molecular complexity index is 867. The average Bonchev–Trinajstić information content (AvgIpc) is 2.66. The molecular formula is C20H26N2O4S. The highest BCUT2D eigenvalue weighted by molar-refractivity contribution is 7.92. The number of methoxy groups -OCH3 is 1. The standard InChI is InChI=1S/C20H26N2O4S/c1-15(2)16(3)21-20(23)14-22(17-9-8-10-18(13-17)26-4)27(24,25)19-11-6-5-7-12-19/h5-13,15-16H,14H2,1-4H3,(H,21,23)/t16-/m0/s1. The Balaban J connectivity index is 2.41. The summed E-state index contributed by atoms with van der Waals surface area (Å²) in [5, 5.41) is 2.86. The van der Waals surface area contributed by atoms with Crippen molar-refractivity contribution in [3.05, 3.63) is 54.6 Å². The van der Waals surface area contributed by atoms with E-state index in [4.69, 9.17) is 4.74 Å². The predicted octanol–water partition coefficient (Wildman–Crippen LogP) is 3.05. The molecule has 0 aliphatic heterocycles. The largest absolute Gasteiger partial charge is 0.497 e. The van der Waals surface area contributed by atoms with Crippen LogP contribution in [0.2, 0.25) is 0 Å². The summed E-state index contributed by atoms with van der Waals surface area (Å²) < 4.78 is 32.7. The molecule has 6 nitrogen and oxygen atoms in total. The first-order valence-electron chi connectivity index (χ1n) is 8.77. The van der Waals surface area contributed by atoms with Gasteiger partial charge in [-0.3, -0.25) is 9.10 Å². The van der Waals surface area contributed by atoms with Crippen molar-refractivity contribution in [3.63, 3.8) is 0 Å². The van der Waals surface area contributed by atoms with Gasteiger partial charge in [-0.1, -0.05) is 38.1 Å². The summed E-state index contributed by atoms with van der Waals surface area (Å²) in [6, 6.07) is 14.6. The Morgan fingerprint density at radius 3 is 2.33 bits per heavy atom. The quantitative estimate of drug-likeness (QED) is 0.752. The van der Waals surface area contributed by atoms with Crippen LogP contribution in [0.1, 0.15) is 20.8 Å². The molecule has 0 saturated carbocycles. The Morgan fingerprint density at radius 1 is 1.07 bits per heavy atom.